The summed E-state index contributed by atoms with van der Waals surface area (Å²) in [5.74, 6) is -3.58. The summed E-state index contributed by atoms with van der Waals surface area (Å²) in [7, 11) is 2.64. The Labute approximate surface area is 216 Å². The Bertz CT molecular complexity index is 959. The fourth-order valence-corrected chi connectivity index (χ4v) is 4.11. The van der Waals surface area contributed by atoms with Gasteiger partial charge in [0.25, 0.3) is 0 Å². The Morgan fingerprint density at radius 3 is 2.08 bits per heavy atom. The van der Waals surface area contributed by atoms with E-state index in [9.17, 15) is 45.6 Å². The van der Waals surface area contributed by atoms with Crippen LogP contribution < -0.4 is 9.47 Å². The van der Waals surface area contributed by atoms with Gasteiger partial charge in [-0.05, 0) is 23.8 Å². The molecule has 1 aromatic carbocycles. The highest BCUT2D eigenvalue weighted by molar-refractivity contribution is 5.87. The van der Waals surface area contributed by atoms with E-state index in [4.69, 9.17) is 28.4 Å². The highest BCUT2D eigenvalue weighted by Gasteiger charge is 2.60. The molecule has 8 N–H and O–H groups in total. The molecular formula is C23H32O15. The molecule has 2 saturated heterocycles. The monoisotopic (exact) mass is 548 g/mol. The van der Waals surface area contributed by atoms with Crippen molar-refractivity contribution in [2.45, 2.75) is 54.8 Å². The van der Waals surface area contributed by atoms with Crippen LogP contribution in [0.15, 0.2) is 18.2 Å². The van der Waals surface area contributed by atoms with E-state index in [0.717, 1.165) is 6.08 Å². The molecule has 2 aliphatic heterocycles. The van der Waals surface area contributed by atoms with E-state index in [2.05, 4.69) is 0 Å². The second kappa shape index (κ2) is 12.5. The number of phenols is 1. The number of hydrogen-bond donors (Lipinski definition) is 8. The van der Waals surface area contributed by atoms with Crippen LogP contribution in [-0.4, -0.2) is 136 Å². The van der Waals surface area contributed by atoms with Gasteiger partial charge in [0, 0.05) is 6.08 Å². The highest BCUT2D eigenvalue weighted by atomic mass is 16.8. The van der Waals surface area contributed by atoms with Gasteiger partial charge in [-0.15, -0.1) is 0 Å². The number of methoxy groups -OCH3 is 2. The molecule has 38 heavy (non-hydrogen) atoms. The summed E-state index contributed by atoms with van der Waals surface area (Å²) in [6, 6.07) is 2.80. The van der Waals surface area contributed by atoms with Crippen LogP contribution in [0.3, 0.4) is 0 Å². The molecule has 2 aliphatic rings. The third kappa shape index (κ3) is 5.86. The number of carbonyl (C=O) groups is 1. The van der Waals surface area contributed by atoms with Gasteiger partial charge in [-0.25, -0.2) is 4.79 Å². The van der Waals surface area contributed by atoms with Crippen LogP contribution >= 0.6 is 0 Å². The first kappa shape index (κ1) is 30.0. The first-order valence-corrected chi connectivity index (χ1v) is 11.4. The number of esters is 1. The van der Waals surface area contributed by atoms with Crippen molar-refractivity contribution < 1.29 is 74.1 Å². The first-order valence-electron chi connectivity index (χ1n) is 11.4. The average molecular weight is 548 g/mol. The molecule has 9 atom stereocenters. The summed E-state index contributed by atoms with van der Waals surface area (Å²) in [4.78, 5) is 12.7. The van der Waals surface area contributed by atoms with E-state index in [1.54, 1.807) is 0 Å². The Morgan fingerprint density at radius 2 is 1.55 bits per heavy atom. The summed E-state index contributed by atoms with van der Waals surface area (Å²) in [6.45, 7) is -2.63. The van der Waals surface area contributed by atoms with Gasteiger partial charge >= 0.3 is 5.97 Å². The zero-order valence-electron chi connectivity index (χ0n) is 20.5. The molecule has 2 heterocycles. The fraction of sp³-hybridized carbons (Fsp3) is 0.609. The molecule has 0 aromatic heterocycles. The van der Waals surface area contributed by atoms with E-state index in [1.807, 2.05) is 0 Å². The van der Waals surface area contributed by atoms with Gasteiger partial charge in [-0.3, -0.25) is 0 Å². The number of hydrogen-bond acceptors (Lipinski definition) is 15. The normalized spacial score (nSPS) is 35.4. The third-order valence-corrected chi connectivity index (χ3v) is 6.20. The van der Waals surface area contributed by atoms with Crippen LogP contribution in [0, 0.1) is 0 Å². The van der Waals surface area contributed by atoms with Crippen LogP contribution in [0.5, 0.6) is 17.2 Å². The molecule has 0 spiro atoms. The van der Waals surface area contributed by atoms with Crippen molar-refractivity contribution in [2.24, 2.45) is 0 Å². The van der Waals surface area contributed by atoms with E-state index in [-0.39, 0.29) is 17.2 Å². The summed E-state index contributed by atoms with van der Waals surface area (Å²) < 4.78 is 31.7. The number of ether oxygens (including phenoxy) is 6. The molecule has 15 nitrogen and oxygen atoms in total. The summed E-state index contributed by atoms with van der Waals surface area (Å²) >= 11 is 0. The van der Waals surface area contributed by atoms with Gasteiger partial charge < -0.3 is 69.3 Å². The quantitative estimate of drug-likeness (QED) is 0.105. The zero-order valence-corrected chi connectivity index (χ0v) is 20.5. The molecule has 0 amide bonds. The number of aliphatic hydroxyl groups excluding tert-OH is 7. The Hall–Kier alpha value is -2.57. The van der Waals surface area contributed by atoms with Crippen molar-refractivity contribution in [3.8, 4) is 17.2 Å². The molecule has 2 fully saturated rings. The Morgan fingerprint density at radius 1 is 0.947 bits per heavy atom. The summed E-state index contributed by atoms with van der Waals surface area (Å²) in [5.41, 5.74) is 0.357. The van der Waals surface area contributed by atoms with Crippen LogP contribution in [0.25, 0.3) is 6.08 Å². The lowest BCUT2D eigenvalue weighted by molar-refractivity contribution is -0.383. The van der Waals surface area contributed by atoms with Gasteiger partial charge in [0.1, 0.15) is 43.2 Å². The first-order chi connectivity index (χ1) is 18.0. The molecule has 1 aromatic rings. The van der Waals surface area contributed by atoms with Gasteiger partial charge in [-0.1, -0.05) is 0 Å². The minimum Gasteiger partial charge on any atom is -0.502 e. The lowest BCUT2D eigenvalue weighted by Crippen LogP contribution is -2.63. The van der Waals surface area contributed by atoms with Crippen LogP contribution in [0.4, 0.5) is 0 Å². The average Bonchev–Trinajstić information content (AvgIpc) is 3.18. The number of aliphatic hydroxyl groups is 7. The largest absolute Gasteiger partial charge is 0.502 e. The van der Waals surface area contributed by atoms with E-state index >= 15 is 0 Å². The molecule has 3 rings (SSSR count). The minimum absolute atomic E-state index is 0.0648. The number of rotatable bonds is 10. The van der Waals surface area contributed by atoms with Gasteiger partial charge in [0.05, 0.1) is 27.4 Å². The Balaban J connectivity index is 1.84. The number of benzene rings is 1. The lowest BCUT2D eigenvalue weighted by atomic mass is 9.99. The molecule has 214 valence electrons. The molecule has 9 unspecified atom stereocenters. The topological polar surface area (TPSA) is 234 Å². The van der Waals surface area contributed by atoms with Crippen molar-refractivity contribution in [1.29, 1.82) is 0 Å². The maximum absolute atomic E-state index is 12.7. The van der Waals surface area contributed by atoms with E-state index in [1.165, 1.54) is 32.4 Å². The molecule has 0 radical (unpaired) electrons. The van der Waals surface area contributed by atoms with Crippen molar-refractivity contribution in [3.05, 3.63) is 23.8 Å². The molecule has 0 saturated carbocycles. The second-order valence-corrected chi connectivity index (χ2v) is 8.58. The summed E-state index contributed by atoms with van der Waals surface area (Å²) in [6.07, 6.45) is -11.3. The third-order valence-electron chi connectivity index (χ3n) is 6.20. The molecule has 0 aliphatic carbocycles. The Kier molecular flexibility index (Phi) is 9.88. The van der Waals surface area contributed by atoms with Gasteiger partial charge in [0.2, 0.25) is 11.5 Å². The fourth-order valence-electron chi connectivity index (χ4n) is 4.11. The standard InChI is InChI=1S/C23H32O15/c1-33-11-5-10(6-12(34-2)16(11)28)3-4-15(27)36-21-18(30)14(8-25)37-23(21,9-26)38-22-20(32)19(31)17(29)13(7-24)35-22/h3-6,13-14,17-22,24-26,28-32H,7-9H2,1-2H3/b4-3+. The van der Waals surface area contributed by atoms with Crippen LogP contribution in [-0.2, 0) is 23.7 Å². The predicted octanol–water partition coefficient (Wildman–Crippen LogP) is -3.41. The van der Waals surface area contributed by atoms with Crippen LogP contribution in [0.2, 0.25) is 0 Å². The smallest absolute Gasteiger partial charge is 0.331 e. The van der Waals surface area contributed by atoms with Crippen molar-refractivity contribution in [1.82, 2.24) is 0 Å². The molecule has 15 heteroatoms. The van der Waals surface area contributed by atoms with E-state index in [0.29, 0.717) is 5.56 Å². The van der Waals surface area contributed by atoms with Crippen LogP contribution in [0.1, 0.15) is 5.56 Å². The minimum atomic E-state index is -2.39. The number of aromatic hydroxyl groups is 1. The maximum atomic E-state index is 12.7. The van der Waals surface area contributed by atoms with Gasteiger partial charge in [-0.2, -0.15) is 0 Å². The van der Waals surface area contributed by atoms with Crippen molar-refractivity contribution in [2.75, 3.05) is 34.0 Å². The highest BCUT2D eigenvalue weighted by Crippen LogP contribution is 2.39. The molecular weight excluding hydrogens is 516 g/mol. The molecule has 0 bridgehead atoms. The SMILES string of the molecule is COc1cc(/C=C/C(=O)OC2C(O)C(CO)OC2(CO)OC2OC(CO)C(O)C(O)C2O)cc(OC)c1O. The number of phenolic OH excluding ortho intramolecular Hbond substituents is 1. The number of carbonyl (C=O) groups excluding carboxylic acids is 1. The summed E-state index contributed by atoms with van der Waals surface area (Å²) in [5, 5.41) is 80.1. The lowest BCUT2D eigenvalue weighted by Gasteiger charge is -2.43. The predicted molar refractivity (Wildman–Crippen MR) is 123 cm³/mol. The van der Waals surface area contributed by atoms with E-state index < -0.39 is 80.6 Å². The zero-order chi connectivity index (χ0) is 28.2. The maximum Gasteiger partial charge on any atom is 0.331 e. The van der Waals surface area contributed by atoms with Crippen molar-refractivity contribution in [3.63, 3.8) is 0 Å². The second-order valence-electron chi connectivity index (χ2n) is 8.58. The van der Waals surface area contributed by atoms with Crippen molar-refractivity contribution >= 4 is 12.0 Å². The van der Waals surface area contributed by atoms with Gasteiger partial charge in [0.15, 0.2) is 23.9 Å².